The Kier molecular flexibility index (Phi) is 13.0. The summed E-state index contributed by atoms with van der Waals surface area (Å²) in [5, 5.41) is 6.02. The maximum absolute atomic E-state index is 12.3. The van der Waals surface area contributed by atoms with Crippen molar-refractivity contribution in [3.8, 4) is 0 Å². The molecule has 1 aliphatic rings. The second-order valence-electron chi connectivity index (χ2n) is 6.97. The molecule has 0 aromatic heterocycles. The molecule has 28 heavy (non-hydrogen) atoms. The van der Waals surface area contributed by atoms with Crippen LogP contribution in [0, 0.1) is 0 Å². The Morgan fingerprint density at radius 2 is 1.93 bits per heavy atom. The number of hydrogen-bond acceptors (Lipinski definition) is 4. The van der Waals surface area contributed by atoms with E-state index in [1.165, 1.54) is 0 Å². The summed E-state index contributed by atoms with van der Waals surface area (Å²) in [6.45, 7) is 6.01. The SMILES string of the molecule is CN=C(NCC(=O)N(C)CC(F)(F)F)NC1CCN(CCOC(C)C)CC1.I. The van der Waals surface area contributed by atoms with Gasteiger partial charge < -0.3 is 25.2 Å². The van der Waals surface area contributed by atoms with Crippen molar-refractivity contribution < 1.29 is 22.7 Å². The smallest absolute Gasteiger partial charge is 0.377 e. The number of halogens is 4. The summed E-state index contributed by atoms with van der Waals surface area (Å²) in [6, 6.07) is 0.210. The first-order chi connectivity index (χ1) is 12.6. The van der Waals surface area contributed by atoms with E-state index in [9.17, 15) is 18.0 Å². The highest BCUT2D eigenvalue weighted by Gasteiger charge is 2.31. The van der Waals surface area contributed by atoms with Gasteiger partial charge in [-0.25, -0.2) is 0 Å². The molecule has 1 fully saturated rings. The molecule has 0 bridgehead atoms. The summed E-state index contributed by atoms with van der Waals surface area (Å²) in [7, 11) is 2.70. The van der Waals surface area contributed by atoms with E-state index in [0.717, 1.165) is 39.5 Å². The van der Waals surface area contributed by atoms with Gasteiger partial charge in [0.15, 0.2) is 5.96 Å². The average molecular weight is 523 g/mol. The van der Waals surface area contributed by atoms with Crippen molar-refractivity contribution in [2.75, 3.05) is 53.4 Å². The van der Waals surface area contributed by atoms with Gasteiger partial charge in [0, 0.05) is 39.8 Å². The van der Waals surface area contributed by atoms with E-state index < -0.39 is 18.6 Å². The molecule has 0 saturated carbocycles. The Morgan fingerprint density at radius 3 is 2.43 bits per heavy atom. The van der Waals surface area contributed by atoms with Crippen LogP contribution in [0.1, 0.15) is 26.7 Å². The summed E-state index contributed by atoms with van der Waals surface area (Å²) in [4.78, 5) is 18.8. The second-order valence-corrected chi connectivity index (χ2v) is 6.97. The molecule has 0 aromatic rings. The summed E-state index contributed by atoms with van der Waals surface area (Å²) < 4.78 is 42.5. The quantitative estimate of drug-likeness (QED) is 0.288. The van der Waals surface area contributed by atoms with Crippen molar-refractivity contribution in [3.05, 3.63) is 0 Å². The number of amides is 1. The van der Waals surface area contributed by atoms with Crippen LogP contribution in [0.25, 0.3) is 0 Å². The second kappa shape index (κ2) is 13.4. The third-order valence-corrected chi connectivity index (χ3v) is 4.26. The Hall–Kier alpha value is -0.820. The lowest BCUT2D eigenvalue weighted by Crippen LogP contribution is -2.51. The van der Waals surface area contributed by atoms with E-state index >= 15 is 0 Å². The third-order valence-electron chi connectivity index (χ3n) is 4.26. The number of nitrogens with one attached hydrogen (secondary N) is 2. The van der Waals surface area contributed by atoms with Crippen LogP contribution < -0.4 is 10.6 Å². The van der Waals surface area contributed by atoms with Crippen molar-refractivity contribution in [3.63, 3.8) is 0 Å². The molecule has 0 aromatic carbocycles. The number of rotatable bonds is 8. The molecule has 1 rings (SSSR count). The molecule has 11 heteroatoms. The maximum atomic E-state index is 12.3. The van der Waals surface area contributed by atoms with Crippen LogP contribution in [0.3, 0.4) is 0 Å². The van der Waals surface area contributed by atoms with E-state index in [1.54, 1.807) is 7.05 Å². The number of hydrogen-bond donors (Lipinski definition) is 2. The zero-order valence-electron chi connectivity index (χ0n) is 17.0. The first kappa shape index (κ1) is 27.2. The van der Waals surface area contributed by atoms with Gasteiger partial charge in [0.25, 0.3) is 0 Å². The molecule has 0 atom stereocenters. The maximum Gasteiger partial charge on any atom is 0.406 e. The molecule has 7 nitrogen and oxygen atoms in total. The molecule has 0 spiro atoms. The van der Waals surface area contributed by atoms with Gasteiger partial charge in [0.1, 0.15) is 6.54 Å². The molecule has 1 heterocycles. The molecule has 0 unspecified atom stereocenters. The summed E-state index contributed by atoms with van der Waals surface area (Å²) in [6.07, 6.45) is -2.33. The molecular weight excluding hydrogens is 490 g/mol. The topological polar surface area (TPSA) is 69.2 Å². The minimum Gasteiger partial charge on any atom is -0.377 e. The zero-order chi connectivity index (χ0) is 20.4. The number of carbonyl (C=O) groups is 1. The lowest BCUT2D eigenvalue weighted by molar-refractivity contribution is -0.157. The van der Waals surface area contributed by atoms with E-state index in [1.807, 2.05) is 13.8 Å². The average Bonchev–Trinajstić information content (AvgIpc) is 2.57. The van der Waals surface area contributed by atoms with Crippen molar-refractivity contribution in [2.24, 2.45) is 4.99 Å². The van der Waals surface area contributed by atoms with E-state index in [0.29, 0.717) is 17.5 Å². The largest absolute Gasteiger partial charge is 0.406 e. The summed E-state index contributed by atoms with van der Waals surface area (Å²) in [5.41, 5.74) is 0. The molecule has 1 amide bonds. The van der Waals surface area contributed by atoms with Gasteiger partial charge in [-0.3, -0.25) is 9.79 Å². The number of nitrogens with zero attached hydrogens (tertiary/aromatic N) is 3. The molecule has 0 radical (unpaired) electrons. The fourth-order valence-corrected chi connectivity index (χ4v) is 2.76. The van der Waals surface area contributed by atoms with Crippen LogP contribution in [-0.4, -0.2) is 93.4 Å². The normalized spacial score (nSPS) is 16.6. The van der Waals surface area contributed by atoms with Crippen LogP contribution in [-0.2, 0) is 9.53 Å². The minimum absolute atomic E-state index is 0. The van der Waals surface area contributed by atoms with Crippen LogP contribution in [0.4, 0.5) is 13.2 Å². The number of piperidine rings is 1. The highest BCUT2D eigenvalue weighted by Crippen LogP contribution is 2.15. The monoisotopic (exact) mass is 523 g/mol. The van der Waals surface area contributed by atoms with Crippen molar-refractivity contribution in [2.45, 2.75) is 45.0 Å². The fraction of sp³-hybridized carbons (Fsp3) is 0.882. The Morgan fingerprint density at radius 1 is 1.32 bits per heavy atom. The van der Waals surface area contributed by atoms with Gasteiger partial charge in [-0.1, -0.05) is 0 Å². The zero-order valence-corrected chi connectivity index (χ0v) is 19.3. The number of likely N-dealkylation sites (N-methyl/N-ethyl adjacent to an activating group) is 1. The number of carbonyl (C=O) groups excluding carboxylic acids is 1. The number of ether oxygens (including phenoxy) is 1. The molecule has 2 N–H and O–H groups in total. The number of aliphatic imine (C=N–C) groups is 1. The fourth-order valence-electron chi connectivity index (χ4n) is 2.76. The van der Waals surface area contributed by atoms with Gasteiger partial charge in [-0.05, 0) is 26.7 Å². The van der Waals surface area contributed by atoms with E-state index in [4.69, 9.17) is 4.74 Å². The number of alkyl halides is 3. The van der Waals surface area contributed by atoms with E-state index in [-0.39, 0.29) is 42.7 Å². The van der Waals surface area contributed by atoms with Gasteiger partial charge >= 0.3 is 6.18 Å². The highest BCUT2D eigenvalue weighted by molar-refractivity contribution is 14.0. The summed E-state index contributed by atoms with van der Waals surface area (Å²) in [5.74, 6) is -0.222. The van der Waals surface area contributed by atoms with Crippen LogP contribution in [0.5, 0.6) is 0 Å². The first-order valence-electron chi connectivity index (χ1n) is 9.22. The highest BCUT2D eigenvalue weighted by atomic mass is 127. The third kappa shape index (κ3) is 11.9. The lowest BCUT2D eigenvalue weighted by atomic mass is 10.1. The van der Waals surface area contributed by atoms with Crippen LogP contribution in [0.2, 0.25) is 0 Å². The van der Waals surface area contributed by atoms with E-state index in [2.05, 4.69) is 20.5 Å². The molecule has 0 aliphatic carbocycles. The van der Waals surface area contributed by atoms with Gasteiger partial charge in [0.05, 0.1) is 19.3 Å². The predicted octanol–water partition coefficient (Wildman–Crippen LogP) is 1.68. The standard InChI is InChI=1S/C17H32F3N5O2.HI/c1-13(2)27-10-9-25-7-5-14(6-8-25)23-16(21-3)22-11-15(26)24(4)12-17(18,19)20;/h13-14H,5-12H2,1-4H3,(H2,21,22,23);1H. The van der Waals surface area contributed by atoms with Crippen LogP contribution >= 0.6 is 24.0 Å². The Labute approximate surface area is 182 Å². The molecule has 166 valence electrons. The molecule has 1 aliphatic heterocycles. The van der Waals surface area contributed by atoms with Gasteiger partial charge in [-0.2, -0.15) is 13.2 Å². The Balaban J connectivity index is 0.00000729. The minimum atomic E-state index is -4.40. The Bertz CT molecular complexity index is 484. The first-order valence-corrected chi connectivity index (χ1v) is 9.22. The van der Waals surface area contributed by atoms with Crippen molar-refractivity contribution in [1.29, 1.82) is 0 Å². The predicted molar refractivity (Wildman–Crippen MR) is 114 cm³/mol. The molecular formula is C17H33F3IN5O2. The lowest BCUT2D eigenvalue weighted by Gasteiger charge is -2.33. The summed E-state index contributed by atoms with van der Waals surface area (Å²) >= 11 is 0. The van der Waals surface area contributed by atoms with Gasteiger partial charge in [-0.15, -0.1) is 24.0 Å². The van der Waals surface area contributed by atoms with Gasteiger partial charge in [0.2, 0.25) is 5.91 Å². The number of guanidine groups is 1. The van der Waals surface area contributed by atoms with Crippen molar-refractivity contribution in [1.82, 2.24) is 20.4 Å². The molecule has 1 saturated heterocycles. The number of likely N-dealkylation sites (tertiary alicyclic amines) is 1. The van der Waals surface area contributed by atoms with Crippen molar-refractivity contribution >= 4 is 35.8 Å². The van der Waals surface area contributed by atoms with Crippen LogP contribution in [0.15, 0.2) is 4.99 Å².